The van der Waals surface area contributed by atoms with Crippen molar-refractivity contribution in [2.75, 3.05) is 12.4 Å². The van der Waals surface area contributed by atoms with Crippen molar-refractivity contribution in [2.45, 2.75) is 6.42 Å². The summed E-state index contributed by atoms with van der Waals surface area (Å²) in [7, 11) is 1.79. The first-order valence-corrected chi connectivity index (χ1v) is 6.96. The molecule has 0 bridgehead atoms. The Balaban J connectivity index is 1.95. The van der Waals surface area contributed by atoms with Gasteiger partial charge in [-0.3, -0.25) is 4.98 Å². The van der Waals surface area contributed by atoms with Crippen molar-refractivity contribution in [1.82, 2.24) is 15.0 Å². The highest BCUT2D eigenvalue weighted by molar-refractivity contribution is 5.55. The van der Waals surface area contributed by atoms with Crippen LogP contribution in [0.15, 0.2) is 54.9 Å². The number of aromatic nitrogens is 3. The number of hydrogen-bond donors (Lipinski definition) is 1. The van der Waals surface area contributed by atoms with Crippen LogP contribution in [0.2, 0.25) is 0 Å². The third-order valence-electron chi connectivity index (χ3n) is 3.33. The molecular formula is C17H15FN4. The van der Waals surface area contributed by atoms with Crippen molar-refractivity contribution < 1.29 is 4.39 Å². The maximum atomic E-state index is 13.8. The van der Waals surface area contributed by atoms with Crippen LogP contribution >= 0.6 is 0 Å². The molecule has 110 valence electrons. The van der Waals surface area contributed by atoms with Gasteiger partial charge < -0.3 is 5.32 Å². The van der Waals surface area contributed by atoms with Gasteiger partial charge in [-0.05, 0) is 23.8 Å². The quantitative estimate of drug-likeness (QED) is 0.802. The SMILES string of the molecule is CNc1nc(-c2ccccn2)ncc1Cc1ccccc1F. The van der Waals surface area contributed by atoms with Gasteiger partial charge >= 0.3 is 0 Å². The molecule has 0 aliphatic rings. The predicted octanol–water partition coefficient (Wildman–Crippen LogP) is 3.31. The molecular weight excluding hydrogens is 279 g/mol. The molecule has 0 unspecified atom stereocenters. The maximum Gasteiger partial charge on any atom is 0.180 e. The number of nitrogens with one attached hydrogen (secondary N) is 1. The van der Waals surface area contributed by atoms with Gasteiger partial charge in [-0.1, -0.05) is 24.3 Å². The molecule has 2 heterocycles. The molecule has 0 aliphatic carbocycles. The van der Waals surface area contributed by atoms with Crippen molar-refractivity contribution in [3.8, 4) is 11.5 Å². The first-order chi connectivity index (χ1) is 10.8. The first kappa shape index (κ1) is 14.1. The maximum absolute atomic E-state index is 13.8. The molecule has 0 amide bonds. The number of pyridine rings is 1. The number of anilines is 1. The van der Waals surface area contributed by atoms with Gasteiger partial charge in [-0.2, -0.15) is 0 Å². The van der Waals surface area contributed by atoms with E-state index in [1.165, 1.54) is 6.07 Å². The lowest BCUT2D eigenvalue weighted by atomic mass is 10.1. The Hall–Kier alpha value is -2.82. The molecule has 5 heteroatoms. The predicted molar refractivity (Wildman–Crippen MR) is 84.0 cm³/mol. The fraction of sp³-hybridized carbons (Fsp3) is 0.118. The van der Waals surface area contributed by atoms with E-state index < -0.39 is 0 Å². The lowest BCUT2D eigenvalue weighted by molar-refractivity contribution is 0.614. The lowest BCUT2D eigenvalue weighted by Gasteiger charge is -2.10. The molecule has 0 atom stereocenters. The van der Waals surface area contributed by atoms with Gasteiger partial charge in [0.25, 0.3) is 0 Å². The fourth-order valence-corrected chi connectivity index (χ4v) is 2.22. The molecule has 4 nitrogen and oxygen atoms in total. The minimum Gasteiger partial charge on any atom is -0.373 e. The Bertz CT molecular complexity index is 775. The van der Waals surface area contributed by atoms with Crippen molar-refractivity contribution in [3.63, 3.8) is 0 Å². The molecule has 3 aromatic rings. The third kappa shape index (κ3) is 2.93. The summed E-state index contributed by atoms with van der Waals surface area (Å²) in [6.07, 6.45) is 3.85. The average Bonchev–Trinajstić information content (AvgIpc) is 2.58. The molecule has 0 saturated heterocycles. The second-order valence-electron chi connectivity index (χ2n) is 4.80. The van der Waals surface area contributed by atoms with Crippen molar-refractivity contribution >= 4 is 5.82 Å². The summed E-state index contributed by atoms with van der Waals surface area (Å²) in [5.74, 6) is 1.000. The highest BCUT2D eigenvalue weighted by Crippen LogP contribution is 2.21. The van der Waals surface area contributed by atoms with Gasteiger partial charge in [0, 0.05) is 31.4 Å². The highest BCUT2D eigenvalue weighted by Gasteiger charge is 2.11. The minimum atomic E-state index is -0.224. The van der Waals surface area contributed by atoms with E-state index in [2.05, 4.69) is 20.3 Å². The van der Waals surface area contributed by atoms with E-state index in [9.17, 15) is 4.39 Å². The zero-order chi connectivity index (χ0) is 15.4. The monoisotopic (exact) mass is 294 g/mol. The van der Waals surface area contributed by atoms with Crippen molar-refractivity contribution in [3.05, 3.63) is 71.8 Å². The van der Waals surface area contributed by atoms with E-state index in [0.717, 1.165) is 5.56 Å². The van der Waals surface area contributed by atoms with Gasteiger partial charge in [0.2, 0.25) is 0 Å². The molecule has 0 fully saturated rings. The number of halogens is 1. The standard InChI is InChI=1S/C17H15FN4/c1-19-16-13(10-12-6-2-3-7-14(12)18)11-21-17(22-16)15-8-4-5-9-20-15/h2-9,11H,10H2,1H3,(H,19,21,22). The molecule has 3 rings (SSSR count). The normalized spacial score (nSPS) is 10.5. The van der Waals surface area contributed by atoms with Crippen LogP contribution in [0.4, 0.5) is 10.2 Å². The van der Waals surface area contributed by atoms with Crippen molar-refractivity contribution in [1.29, 1.82) is 0 Å². The summed E-state index contributed by atoms with van der Waals surface area (Å²) < 4.78 is 13.8. The lowest BCUT2D eigenvalue weighted by Crippen LogP contribution is -2.04. The van der Waals surface area contributed by atoms with Crippen LogP contribution in [0.3, 0.4) is 0 Å². The minimum absolute atomic E-state index is 0.224. The molecule has 1 aromatic carbocycles. The Morgan fingerprint density at radius 2 is 1.82 bits per heavy atom. The second-order valence-corrected chi connectivity index (χ2v) is 4.80. The molecule has 2 aromatic heterocycles. The summed E-state index contributed by atoms with van der Waals surface area (Å²) in [6, 6.07) is 12.3. The largest absolute Gasteiger partial charge is 0.373 e. The van der Waals surface area contributed by atoms with Crippen LogP contribution in [0.25, 0.3) is 11.5 Å². The zero-order valence-electron chi connectivity index (χ0n) is 12.1. The molecule has 0 aliphatic heterocycles. The van der Waals surface area contributed by atoms with Crippen LogP contribution < -0.4 is 5.32 Å². The van der Waals surface area contributed by atoms with E-state index in [4.69, 9.17) is 0 Å². The summed E-state index contributed by atoms with van der Waals surface area (Å²) in [5.41, 5.74) is 2.16. The molecule has 0 saturated carbocycles. The highest BCUT2D eigenvalue weighted by atomic mass is 19.1. The summed E-state index contributed by atoms with van der Waals surface area (Å²) in [5, 5.41) is 3.04. The van der Waals surface area contributed by atoms with Gasteiger partial charge in [-0.25, -0.2) is 14.4 Å². The Morgan fingerprint density at radius 1 is 1.00 bits per heavy atom. The van der Waals surface area contributed by atoms with Crippen LogP contribution in [-0.4, -0.2) is 22.0 Å². The first-order valence-electron chi connectivity index (χ1n) is 6.96. The summed E-state index contributed by atoms with van der Waals surface area (Å²) in [4.78, 5) is 13.1. The molecule has 0 radical (unpaired) electrons. The van der Waals surface area contributed by atoms with Gasteiger partial charge in [0.1, 0.15) is 17.3 Å². The smallest absolute Gasteiger partial charge is 0.180 e. The number of nitrogens with zero attached hydrogens (tertiary/aromatic N) is 3. The number of benzene rings is 1. The fourth-order valence-electron chi connectivity index (χ4n) is 2.22. The second kappa shape index (κ2) is 6.30. The zero-order valence-corrected chi connectivity index (χ0v) is 12.1. The van der Waals surface area contributed by atoms with E-state index in [0.29, 0.717) is 29.3 Å². The van der Waals surface area contributed by atoms with E-state index in [-0.39, 0.29) is 5.82 Å². The third-order valence-corrected chi connectivity index (χ3v) is 3.33. The number of rotatable bonds is 4. The van der Waals surface area contributed by atoms with Gasteiger partial charge in [-0.15, -0.1) is 0 Å². The molecule has 22 heavy (non-hydrogen) atoms. The van der Waals surface area contributed by atoms with E-state index in [1.807, 2.05) is 24.3 Å². The summed E-state index contributed by atoms with van der Waals surface area (Å²) in [6.45, 7) is 0. The van der Waals surface area contributed by atoms with E-state index in [1.54, 1.807) is 31.6 Å². The van der Waals surface area contributed by atoms with Crippen LogP contribution in [0.5, 0.6) is 0 Å². The number of hydrogen-bond acceptors (Lipinski definition) is 4. The van der Waals surface area contributed by atoms with E-state index >= 15 is 0 Å². The summed E-state index contributed by atoms with van der Waals surface area (Å²) >= 11 is 0. The van der Waals surface area contributed by atoms with Crippen LogP contribution in [-0.2, 0) is 6.42 Å². The van der Waals surface area contributed by atoms with Gasteiger partial charge in [0.15, 0.2) is 5.82 Å². The van der Waals surface area contributed by atoms with Gasteiger partial charge in [0.05, 0.1) is 0 Å². The van der Waals surface area contributed by atoms with Crippen LogP contribution in [0.1, 0.15) is 11.1 Å². The molecule has 0 spiro atoms. The molecule has 1 N–H and O–H groups in total. The van der Waals surface area contributed by atoms with Crippen molar-refractivity contribution in [2.24, 2.45) is 0 Å². The Kier molecular flexibility index (Phi) is 4.05. The average molecular weight is 294 g/mol. The Morgan fingerprint density at radius 3 is 2.55 bits per heavy atom. The van der Waals surface area contributed by atoms with Crippen LogP contribution in [0, 0.1) is 5.82 Å². The topological polar surface area (TPSA) is 50.7 Å². The Labute approximate surface area is 128 Å².